The fourth-order valence-corrected chi connectivity index (χ4v) is 2.22. The van der Waals surface area contributed by atoms with E-state index in [0.29, 0.717) is 5.15 Å². The van der Waals surface area contributed by atoms with Crippen LogP contribution in [-0.4, -0.2) is 9.97 Å². The minimum Gasteiger partial charge on any atom is -0.363 e. The van der Waals surface area contributed by atoms with Gasteiger partial charge in [0.1, 0.15) is 16.8 Å². The quantitative estimate of drug-likeness (QED) is 0.825. The third-order valence-corrected chi connectivity index (χ3v) is 3.51. The van der Waals surface area contributed by atoms with E-state index in [1.165, 1.54) is 5.56 Å². The van der Waals surface area contributed by atoms with Crippen LogP contribution in [0, 0.1) is 0 Å². The number of nitrogens with one attached hydrogen (secondary N) is 1. The first-order chi connectivity index (χ1) is 9.08. The normalized spacial score (nSPS) is 12.2. The lowest BCUT2D eigenvalue weighted by Gasteiger charge is -2.15. The van der Waals surface area contributed by atoms with Crippen LogP contribution >= 0.6 is 27.5 Å². The average Bonchev–Trinajstić information content (AvgIpc) is 2.38. The zero-order chi connectivity index (χ0) is 13.8. The van der Waals surface area contributed by atoms with Gasteiger partial charge in [0, 0.05) is 23.0 Å². The molecule has 0 aliphatic rings. The zero-order valence-electron chi connectivity index (χ0n) is 10.8. The first-order valence-electron chi connectivity index (χ1n) is 6.14. The molecular formula is C14H15BrClN3. The number of aryl methyl sites for hydroxylation is 1. The van der Waals surface area contributed by atoms with Crippen LogP contribution in [0.4, 0.5) is 5.82 Å². The minimum absolute atomic E-state index is 0.156. The Labute approximate surface area is 126 Å². The maximum absolute atomic E-state index is 5.98. The van der Waals surface area contributed by atoms with Crippen LogP contribution in [-0.2, 0) is 6.42 Å². The van der Waals surface area contributed by atoms with Gasteiger partial charge in [0.25, 0.3) is 0 Å². The fraction of sp³-hybridized carbons (Fsp3) is 0.286. The lowest BCUT2D eigenvalue weighted by atomic mass is 10.1. The van der Waals surface area contributed by atoms with E-state index in [4.69, 9.17) is 11.6 Å². The summed E-state index contributed by atoms with van der Waals surface area (Å²) in [6.07, 6.45) is 0.766. The summed E-state index contributed by atoms with van der Waals surface area (Å²) < 4.78 is 1.07. The fourth-order valence-electron chi connectivity index (χ4n) is 1.75. The van der Waals surface area contributed by atoms with Crippen molar-refractivity contribution in [3.05, 3.63) is 51.3 Å². The van der Waals surface area contributed by atoms with Crippen LogP contribution < -0.4 is 5.32 Å². The molecule has 0 aliphatic carbocycles. The van der Waals surface area contributed by atoms with Crippen LogP contribution in [0.2, 0.25) is 5.15 Å². The molecule has 5 heteroatoms. The monoisotopic (exact) mass is 339 g/mol. The van der Waals surface area contributed by atoms with E-state index in [0.717, 1.165) is 22.5 Å². The van der Waals surface area contributed by atoms with Crippen molar-refractivity contribution in [2.24, 2.45) is 0 Å². The molecule has 0 aliphatic heterocycles. The van der Waals surface area contributed by atoms with E-state index in [1.54, 1.807) is 6.07 Å². The van der Waals surface area contributed by atoms with E-state index >= 15 is 0 Å². The van der Waals surface area contributed by atoms with E-state index in [9.17, 15) is 0 Å². The van der Waals surface area contributed by atoms with Gasteiger partial charge >= 0.3 is 0 Å². The van der Waals surface area contributed by atoms with Crippen molar-refractivity contribution in [1.82, 2.24) is 9.97 Å². The number of aromatic nitrogens is 2. The lowest BCUT2D eigenvalue weighted by Crippen LogP contribution is -2.09. The van der Waals surface area contributed by atoms with Gasteiger partial charge in [-0.25, -0.2) is 9.97 Å². The van der Waals surface area contributed by atoms with E-state index in [1.807, 2.05) is 19.1 Å². The molecule has 1 unspecified atom stereocenters. The summed E-state index contributed by atoms with van der Waals surface area (Å²) in [4.78, 5) is 8.57. The van der Waals surface area contributed by atoms with Gasteiger partial charge in [-0.15, -0.1) is 0 Å². The summed E-state index contributed by atoms with van der Waals surface area (Å²) in [6.45, 7) is 4.10. The number of benzene rings is 1. The molecule has 0 fully saturated rings. The molecule has 0 amide bonds. The summed E-state index contributed by atoms with van der Waals surface area (Å²) in [5.41, 5.74) is 1.19. The van der Waals surface area contributed by atoms with Gasteiger partial charge in [-0.1, -0.05) is 46.6 Å². The Balaban J connectivity index is 2.16. The standard InChI is InChI=1S/C14H15BrClN3/c1-3-13-18-12(16)8-14(19-13)17-9(2)10-4-6-11(15)7-5-10/h4-9H,3H2,1-2H3,(H,17,18,19). The SMILES string of the molecule is CCc1nc(Cl)cc(NC(C)c2ccc(Br)cc2)n1. The average molecular weight is 341 g/mol. The van der Waals surface area contributed by atoms with Crippen LogP contribution in [0.15, 0.2) is 34.8 Å². The van der Waals surface area contributed by atoms with Gasteiger partial charge in [-0.05, 0) is 24.6 Å². The van der Waals surface area contributed by atoms with Crippen molar-refractivity contribution in [3.8, 4) is 0 Å². The molecule has 0 saturated heterocycles. The van der Waals surface area contributed by atoms with Gasteiger partial charge in [0.2, 0.25) is 0 Å². The second kappa shape index (κ2) is 6.35. The van der Waals surface area contributed by atoms with Gasteiger partial charge < -0.3 is 5.32 Å². The zero-order valence-corrected chi connectivity index (χ0v) is 13.2. The number of hydrogen-bond donors (Lipinski definition) is 1. The Hall–Kier alpha value is -1.13. The number of hydrogen-bond acceptors (Lipinski definition) is 3. The highest BCUT2D eigenvalue weighted by Crippen LogP contribution is 2.21. The largest absolute Gasteiger partial charge is 0.363 e. The van der Waals surface area contributed by atoms with Crippen LogP contribution in [0.5, 0.6) is 0 Å². The summed E-state index contributed by atoms with van der Waals surface area (Å²) in [5.74, 6) is 1.50. The molecule has 0 saturated carbocycles. The predicted octanol–water partition coefficient (Wildman–Crippen LogP) is 4.63. The highest BCUT2D eigenvalue weighted by molar-refractivity contribution is 9.10. The molecule has 0 spiro atoms. The smallest absolute Gasteiger partial charge is 0.134 e. The van der Waals surface area contributed by atoms with Crippen molar-refractivity contribution >= 4 is 33.3 Å². The van der Waals surface area contributed by atoms with Crippen molar-refractivity contribution in [2.45, 2.75) is 26.3 Å². The van der Waals surface area contributed by atoms with E-state index in [2.05, 4.69) is 50.3 Å². The summed E-state index contributed by atoms with van der Waals surface area (Å²) in [7, 11) is 0. The Bertz CT molecular complexity index is 557. The first kappa shape index (κ1) is 14.3. The lowest BCUT2D eigenvalue weighted by molar-refractivity contribution is 0.856. The topological polar surface area (TPSA) is 37.8 Å². The molecule has 1 aromatic heterocycles. The van der Waals surface area contributed by atoms with Crippen molar-refractivity contribution < 1.29 is 0 Å². The molecule has 2 rings (SSSR count). The molecular weight excluding hydrogens is 326 g/mol. The van der Waals surface area contributed by atoms with Crippen molar-refractivity contribution in [2.75, 3.05) is 5.32 Å². The number of rotatable bonds is 4. The Kier molecular flexibility index (Phi) is 4.77. The highest BCUT2D eigenvalue weighted by Gasteiger charge is 2.08. The first-order valence-corrected chi connectivity index (χ1v) is 7.31. The Morgan fingerprint density at radius 3 is 2.58 bits per heavy atom. The maximum atomic E-state index is 5.98. The van der Waals surface area contributed by atoms with Crippen LogP contribution in [0.1, 0.15) is 31.3 Å². The maximum Gasteiger partial charge on any atom is 0.134 e. The van der Waals surface area contributed by atoms with Gasteiger partial charge in [-0.3, -0.25) is 0 Å². The molecule has 1 N–H and O–H groups in total. The minimum atomic E-state index is 0.156. The van der Waals surface area contributed by atoms with Gasteiger partial charge in [-0.2, -0.15) is 0 Å². The van der Waals surface area contributed by atoms with E-state index < -0.39 is 0 Å². The van der Waals surface area contributed by atoms with Crippen LogP contribution in [0.25, 0.3) is 0 Å². The molecule has 3 nitrogen and oxygen atoms in total. The van der Waals surface area contributed by atoms with Gasteiger partial charge in [0.15, 0.2) is 0 Å². The third-order valence-electron chi connectivity index (χ3n) is 2.79. The number of nitrogens with zero attached hydrogens (tertiary/aromatic N) is 2. The summed E-state index contributed by atoms with van der Waals surface area (Å²) in [5, 5.41) is 3.81. The number of halogens is 2. The molecule has 1 heterocycles. The molecule has 19 heavy (non-hydrogen) atoms. The third kappa shape index (κ3) is 3.91. The van der Waals surface area contributed by atoms with E-state index in [-0.39, 0.29) is 6.04 Å². The Morgan fingerprint density at radius 1 is 1.26 bits per heavy atom. The second-order valence-electron chi connectivity index (χ2n) is 4.26. The molecule has 0 radical (unpaired) electrons. The predicted molar refractivity (Wildman–Crippen MR) is 82.6 cm³/mol. The molecule has 100 valence electrons. The molecule has 0 bridgehead atoms. The van der Waals surface area contributed by atoms with Gasteiger partial charge in [0.05, 0.1) is 0 Å². The second-order valence-corrected chi connectivity index (χ2v) is 5.57. The highest BCUT2D eigenvalue weighted by atomic mass is 79.9. The summed E-state index contributed by atoms with van der Waals surface area (Å²) >= 11 is 9.41. The summed E-state index contributed by atoms with van der Waals surface area (Å²) in [6, 6.07) is 10.1. The van der Waals surface area contributed by atoms with Crippen molar-refractivity contribution in [1.29, 1.82) is 0 Å². The number of anilines is 1. The Morgan fingerprint density at radius 2 is 1.95 bits per heavy atom. The molecule has 2 aromatic rings. The molecule has 1 atom stereocenters. The van der Waals surface area contributed by atoms with Crippen LogP contribution in [0.3, 0.4) is 0 Å². The van der Waals surface area contributed by atoms with Crippen molar-refractivity contribution in [3.63, 3.8) is 0 Å². The molecule has 1 aromatic carbocycles.